The van der Waals surface area contributed by atoms with Crippen LogP contribution in [0.3, 0.4) is 0 Å². The lowest BCUT2D eigenvalue weighted by atomic mass is 9.62. The summed E-state index contributed by atoms with van der Waals surface area (Å²) < 4.78 is 7.25. The van der Waals surface area contributed by atoms with Crippen molar-refractivity contribution < 1.29 is 9.32 Å². The first kappa shape index (κ1) is 18.8. The Balaban J connectivity index is 1.26. The van der Waals surface area contributed by atoms with Crippen molar-refractivity contribution in [1.82, 2.24) is 35.0 Å². The first-order chi connectivity index (χ1) is 15.0. The molecule has 9 nitrogen and oxygen atoms in total. The number of aryl methyl sites for hydroxylation is 2. The van der Waals surface area contributed by atoms with E-state index in [4.69, 9.17) is 9.51 Å². The number of carbonyl (C=O) groups excluding carboxylic acids is 1. The number of carbonyl (C=O) groups is 1. The second-order valence-corrected chi connectivity index (χ2v) is 9.59. The standard InChI is InChI=1S/C22H27N7O2/c1-13-8-23-29(9-13)10-16-14(2)31-27-18(16)21(30)28-11-17(22(12-28)6-3-7-22)20-24-19(25-26-20)15-4-5-15/h8-9,15,17H,3-7,10-12H2,1-2H3,(H,24,25,26). The van der Waals surface area contributed by atoms with Gasteiger partial charge in [0.15, 0.2) is 11.5 Å². The van der Waals surface area contributed by atoms with E-state index in [0.29, 0.717) is 30.5 Å². The molecular formula is C22H27N7O2. The molecule has 1 unspecified atom stereocenters. The van der Waals surface area contributed by atoms with Gasteiger partial charge in [0.05, 0.1) is 12.7 Å². The zero-order valence-electron chi connectivity index (χ0n) is 18.0. The third kappa shape index (κ3) is 3.09. The van der Waals surface area contributed by atoms with E-state index in [9.17, 15) is 4.79 Å². The minimum atomic E-state index is -0.0635. The van der Waals surface area contributed by atoms with E-state index in [1.165, 1.54) is 19.3 Å². The molecule has 2 saturated carbocycles. The van der Waals surface area contributed by atoms with Crippen LogP contribution in [0.25, 0.3) is 0 Å². The number of nitrogens with zero attached hydrogens (tertiary/aromatic N) is 6. The van der Waals surface area contributed by atoms with Gasteiger partial charge in [-0.05, 0) is 50.5 Å². The Hall–Kier alpha value is -2.97. The third-order valence-electron chi connectivity index (χ3n) is 7.35. The highest BCUT2D eigenvalue weighted by atomic mass is 16.5. The molecule has 1 N–H and O–H groups in total. The number of aromatic amines is 1. The lowest BCUT2D eigenvalue weighted by Crippen LogP contribution is -2.38. The highest BCUT2D eigenvalue weighted by Crippen LogP contribution is 2.55. The predicted octanol–water partition coefficient (Wildman–Crippen LogP) is 2.94. The average molecular weight is 422 g/mol. The normalized spacial score (nSPS) is 22.3. The van der Waals surface area contributed by atoms with Crippen molar-refractivity contribution in [2.24, 2.45) is 5.41 Å². The average Bonchev–Trinajstić information content (AvgIpc) is 3.10. The number of H-pyrrole nitrogens is 1. The van der Waals surface area contributed by atoms with E-state index >= 15 is 0 Å². The van der Waals surface area contributed by atoms with E-state index in [1.807, 2.05) is 35.8 Å². The molecule has 1 atom stereocenters. The number of aromatic nitrogens is 6. The summed E-state index contributed by atoms with van der Waals surface area (Å²) in [4.78, 5) is 20.3. The van der Waals surface area contributed by atoms with Gasteiger partial charge < -0.3 is 9.42 Å². The van der Waals surface area contributed by atoms with Crippen molar-refractivity contribution >= 4 is 5.91 Å². The van der Waals surface area contributed by atoms with E-state index in [-0.39, 0.29) is 17.2 Å². The van der Waals surface area contributed by atoms with Gasteiger partial charge in [-0.25, -0.2) is 4.98 Å². The van der Waals surface area contributed by atoms with Gasteiger partial charge in [0.1, 0.15) is 11.6 Å². The van der Waals surface area contributed by atoms with E-state index in [1.54, 1.807) is 0 Å². The van der Waals surface area contributed by atoms with Crippen LogP contribution in [0.4, 0.5) is 0 Å². The lowest BCUT2D eigenvalue weighted by molar-refractivity contribution is 0.0713. The van der Waals surface area contributed by atoms with Crippen LogP contribution < -0.4 is 0 Å². The Kier molecular flexibility index (Phi) is 4.10. The number of likely N-dealkylation sites (tertiary alicyclic amines) is 1. The van der Waals surface area contributed by atoms with Crippen molar-refractivity contribution in [2.75, 3.05) is 13.1 Å². The molecular weight excluding hydrogens is 394 g/mol. The van der Waals surface area contributed by atoms with Gasteiger partial charge in [-0.15, -0.1) is 0 Å². The first-order valence-corrected chi connectivity index (χ1v) is 11.2. The molecule has 1 aliphatic heterocycles. The molecule has 3 aromatic heterocycles. The molecule has 3 fully saturated rings. The summed E-state index contributed by atoms with van der Waals surface area (Å²) in [5, 5.41) is 16.2. The summed E-state index contributed by atoms with van der Waals surface area (Å²) in [6, 6.07) is 0. The lowest BCUT2D eigenvalue weighted by Gasteiger charge is -2.41. The maximum absolute atomic E-state index is 13.5. The number of nitrogens with one attached hydrogen (secondary N) is 1. The number of rotatable bonds is 5. The van der Waals surface area contributed by atoms with Crippen LogP contribution in [-0.4, -0.2) is 54.0 Å². The largest absolute Gasteiger partial charge is 0.361 e. The zero-order valence-corrected chi connectivity index (χ0v) is 18.0. The Morgan fingerprint density at radius 2 is 2.16 bits per heavy atom. The fourth-order valence-electron chi connectivity index (χ4n) is 5.22. The first-order valence-electron chi connectivity index (χ1n) is 11.2. The maximum atomic E-state index is 13.5. The number of hydrogen-bond donors (Lipinski definition) is 1. The molecule has 0 bridgehead atoms. The third-order valence-corrected chi connectivity index (χ3v) is 7.35. The summed E-state index contributed by atoms with van der Waals surface area (Å²) >= 11 is 0. The zero-order chi connectivity index (χ0) is 21.2. The van der Waals surface area contributed by atoms with E-state index < -0.39 is 0 Å². The quantitative estimate of drug-likeness (QED) is 0.679. The monoisotopic (exact) mass is 421 g/mol. The number of hydrogen-bond acceptors (Lipinski definition) is 6. The molecule has 2 aliphatic carbocycles. The van der Waals surface area contributed by atoms with Crippen LogP contribution in [-0.2, 0) is 6.54 Å². The van der Waals surface area contributed by atoms with Crippen LogP contribution in [0, 0.1) is 19.3 Å². The fourth-order valence-corrected chi connectivity index (χ4v) is 5.22. The van der Waals surface area contributed by atoms with Gasteiger partial charge in [-0.2, -0.15) is 10.2 Å². The maximum Gasteiger partial charge on any atom is 0.276 e. The Morgan fingerprint density at radius 3 is 2.84 bits per heavy atom. The molecule has 1 amide bonds. The molecule has 0 aromatic carbocycles. The highest BCUT2D eigenvalue weighted by molar-refractivity contribution is 5.94. The Bertz CT molecular complexity index is 1130. The number of amides is 1. The van der Waals surface area contributed by atoms with Crippen molar-refractivity contribution in [2.45, 2.75) is 64.3 Å². The molecule has 3 aliphatic rings. The molecule has 0 radical (unpaired) electrons. The Labute approximate surface area is 180 Å². The molecule has 1 spiro atoms. The van der Waals surface area contributed by atoms with Crippen molar-refractivity contribution in [3.05, 3.63) is 46.6 Å². The minimum Gasteiger partial charge on any atom is -0.361 e. The van der Waals surface area contributed by atoms with Crippen molar-refractivity contribution in [1.29, 1.82) is 0 Å². The minimum absolute atomic E-state index is 0.0635. The second kappa shape index (κ2) is 6.77. The Morgan fingerprint density at radius 1 is 1.32 bits per heavy atom. The molecule has 6 rings (SSSR count). The smallest absolute Gasteiger partial charge is 0.276 e. The van der Waals surface area contributed by atoms with E-state index in [0.717, 1.165) is 42.2 Å². The van der Waals surface area contributed by atoms with Gasteiger partial charge in [0.2, 0.25) is 0 Å². The fraction of sp³-hybridized carbons (Fsp3) is 0.591. The van der Waals surface area contributed by atoms with Crippen LogP contribution >= 0.6 is 0 Å². The van der Waals surface area contributed by atoms with Gasteiger partial charge in [0, 0.05) is 36.7 Å². The molecule has 4 heterocycles. The van der Waals surface area contributed by atoms with E-state index in [2.05, 4.69) is 20.5 Å². The van der Waals surface area contributed by atoms with Crippen LogP contribution in [0.15, 0.2) is 16.9 Å². The topological polar surface area (TPSA) is 106 Å². The van der Waals surface area contributed by atoms with Crippen molar-refractivity contribution in [3.63, 3.8) is 0 Å². The van der Waals surface area contributed by atoms with Gasteiger partial charge in [-0.1, -0.05) is 11.6 Å². The summed E-state index contributed by atoms with van der Waals surface area (Å²) in [7, 11) is 0. The molecule has 1 saturated heterocycles. The summed E-state index contributed by atoms with van der Waals surface area (Å²) in [5.41, 5.74) is 2.38. The highest BCUT2D eigenvalue weighted by Gasteiger charge is 2.54. The van der Waals surface area contributed by atoms with Crippen molar-refractivity contribution in [3.8, 4) is 0 Å². The van der Waals surface area contributed by atoms with Gasteiger partial charge >= 0.3 is 0 Å². The molecule has 3 aromatic rings. The van der Waals surface area contributed by atoms with Crippen LogP contribution in [0.1, 0.15) is 83.0 Å². The van der Waals surface area contributed by atoms with Crippen LogP contribution in [0.5, 0.6) is 0 Å². The molecule has 9 heteroatoms. The SMILES string of the molecule is Cc1cnn(Cc2c(C(=O)N3CC(c4nc(C5CC5)n[nH]4)C4(CCC4)C3)noc2C)c1. The predicted molar refractivity (Wildman–Crippen MR) is 111 cm³/mol. The second-order valence-electron chi connectivity index (χ2n) is 9.59. The van der Waals surface area contributed by atoms with Gasteiger partial charge in [0.25, 0.3) is 5.91 Å². The van der Waals surface area contributed by atoms with Crippen LogP contribution in [0.2, 0.25) is 0 Å². The summed E-state index contributed by atoms with van der Waals surface area (Å²) in [6.45, 7) is 5.70. The van der Waals surface area contributed by atoms with Gasteiger partial charge in [-0.3, -0.25) is 14.6 Å². The summed E-state index contributed by atoms with van der Waals surface area (Å²) in [5.74, 6) is 3.21. The molecule has 162 valence electrons. The molecule has 31 heavy (non-hydrogen) atoms. The summed E-state index contributed by atoms with van der Waals surface area (Å²) in [6.07, 6.45) is 9.58.